The lowest BCUT2D eigenvalue weighted by Gasteiger charge is -2.19. The van der Waals surface area contributed by atoms with Crippen molar-refractivity contribution in [3.05, 3.63) is 23.4 Å². The monoisotopic (exact) mass is 279 g/mol. The SMILES string of the molecule is COCC(C)CNC(=O)c1cc(N)nc(C(C)(C)C)c1. The van der Waals surface area contributed by atoms with Crippen LogP contribution in [-0.2, 0) is 10.2 Å². The van der Waals surface area contributed by atoms with Gasteiger partial charge >= 0.3 is 0 Å². The second-order valence-electron chi connectivity index (χ2n) is 6.19. The van der Waals surface area contributed by atoms with Crippen molar-refractivity contribution in [2.45, 2.75) is 33.1 Å². The fraction of sp³-hybridized carbons (Fsp3) is 0.600. The summed E-state index contributed by atoms with van der Waals surface area (Å²) >= 11 is 0. The van der Waals surface area contributed by atoms with Crippen molar-refractivity contribution in [1.29, 1.82) is 0 Å². The highest BCUT2D eigenvalue weighted by Gasteiger charge is 2.18. The van der Waals surface area contributed by atoms with Gasteiger partial charge in [0.1, 0.15) is 5.82 Å². The third-order valence-electron chi connectivity index (χ3n) is 2.94. The van der Waals surface area contributed by atoms with Gasteiger partial charge < -0.3 is 15.8 Å². The molecule has 1 atom stereocenters. The van der Waals surface area contributed by atoms with E-state index in [0.717, 1.165) is 5.69 Å². The minimum atomic E-state index is -0.145. The van der Waals surface area contributed by atoms with E-state index in [1.54, 1.807) is 19.2 Å². The van der Waals surface area contributed by atoms with Gasteiger partial charge in [0.2, 0.25) is 0 Å². The first-order valence-electron chi connectivity index (χ1n) is 6.79. The molecule has 1 rings (SSSR count). The van der Waals surface area contributed by atoms with Crippen LogP contribution < -0.4 is 11.1 Å². The van der Waals surface area contributed by atoms with E-state index < -0.39 is 0 Å². The molecular weight excluding hydrogens is 254 g/mol. The molecule has 0 aliphatic rings. The Kier molecular flexibility index (Phi) is 5.51. The van der Waals surface area contributed by atoms with Gasteiger partial charge in [0.25, 0.3) is 5.91 Å². The van der Waals surface area contributed by atoms with Crippen LogP contribution in [0.5, 0.6) is 0 Å². The normalized spacial score (nSPS) is 13.1. The summed E-state index contributed by atoms with van der Waals surface area (Å²) < 4.78 is 5.04. The predicted octanol–water partition coefficient (Wildman–Crippen LogP) is 1.97. The van der Waals surface area contributed by atoms with E-state index in [1.807, 2.05) is 27.7 Å². The molecule has 0 saturated carbocycles. The van der Waals surface area contributed by atoms with E-state index in [9.17, 15) is 4.79 Å². The molecule has 0 bridgehead atoms. The summed E-state index contributed by atoms with van der Waals surface area (Å²) in [6.45, 7) is 9.32. The van der Waals surface area contributed by atoms with Gasteiger partial charge in [0.05, 0.1) is 6.61 Å². The Balaban J connectivity index is 2.81. The van der Waals surface area contributed by atoms with Gasteiger partial charge in [-0.05, 0) is 18.1 Å². The van der Waals surface area contributed by atoms with Gasteiger partial charge in [-0.15, -0.1) is 0 Å². The number of nitrogens with two attached hydrogens (primary N) is 1. The standard InChI is InChI=1S/C15H25N3O2/c1-10(9-20-5)8-17-14(19)11-6-12(15(2,3)4)18-13(16)7-11/h6-7,10H,8-9H2,1-5H3,(H2,16,18)(H,17,19). The van der Waals surface area contributed by atoms with E-state index in [2.05, 4.69) is 10.3 Å². The lowest BCUT2D eigenvalue weighted by Crippen LogP contribution is -2.30. The Morgan fingerprint density at radius 2 is 2.10 bits per heavy atom. The van der Waals surface area contributed by atoms with Crippen molar-refractivity contribution in [3.63, 3.8) is 0 Å². The highest BCUT2D eigenvalue weighted by atomic mass is 16.5. The second-order valence-corrected chi connectivity index (χ2v) is 6.19. The average Bonchev–Trinajstić information content (AvgIpc) is 2.34. The lowest BCUT2D eigenvalue weighted by atomic mass is 9.90. The third kappa shape index (κ3) is 4.81. The fourth-order valence-corrected chi connectivity index (χ4v) is 1.78. The first-order valence-corrected chi connectivity index (χ1v) is 6.79. The summed E-state index contributed by atoms with van der Waals surface area (Å²) in [5.74, 6) is 0.505. The van der Waals surface area contributed by atoms with Gasteiger partial charge in [-0.2, -0.15) is 0 Å². The summed E-state index contributed by atoms with van der Waals surface area (Å²) in [6.07, 6.45) is 0. The van der Waals surface area contributed by atoms with Gasteiger partial charge in [0.15, 0.2) is 0 Å². The van der Waals surface area contributed by atoms with Gasteiger partial charge in [-0.3, -0.25) is 4.79 Å². The summed E-state index contributed by atoms with van der Waals surface area (Å²) in [5, 5.41) is 2.89. The first kappa shape index (κ1) is 16.4. The van der Waals surface area contributed by atoms with E-state index in [-0.39, 0.29) is 17.2 Å². The minimum absolute atomic E-state index is 0.132. The summed E-state index contributed by atoms with van der Waals surface area (Å²) in [6, 6.07) is 3.40. The van der Waals surface area contributed by atoms with Crippen LogP contribution in [0, 0.1) is 5.92 Å². The largest absolute Gasteiger partial charge is 0.384 e. The van der Waals surface area contributed by atoms with E-state index >= 15 is 0 Å². The first-order chi connectivity index (χ1) is 9.24. The number of nitrogen functional groups attached to an aromatic ring is 1. The molecule has 0 saturated heterocycles. The maximum Gasteiger partial charge on any atom is 0.251 e. The Morgan fingerprint density at radius 3 is 2.65 bits per heavy atom. The number of hydrogen-bond acceptors (Lipinski definition) is 4. The zero-order valence-corrected chi connectivity index (χ0v) is 13.0. The number of carbonyl (C=O) groups is 1. The highest BCUT2D eigenvalue weighted by Crippen LogP contribution is 2.22. The van der Waals surface area contributed by atoms with Gasteiger partial charge in [-0.1, -0.05) is 27.7 Å². The molecule has 1 aromatic heterocycles. The quantitative estimate of drug-likeness (QED) is 0.864. The van der Waals surface area contributed by atoms with Crippen LogP contribution in [0.15, 0.2) is 12.1 Å². The molecule has 1 amide bonds. The number of rotatable bonds is 5. The zero-order chi connectivity index (χ0) is 15.3. The van der Waals surface area contributed by atoms with Crippen molar-refractivity contribution in [3.8, 4) is 0 Å². The van der Waals surface area contributed by atoms with Crippen LogP contribution in [0.1, 0.15) is 43.7 Å². The molecule has 0 spiro atoms. The van der Waals surface area contributed by atoms with Gasteiger partial charge in [-0.25, -0.2) is 4.98 Å². The van der Waals surface area contributed by atoms with Crippen molar-refractivity contribution in [2.24, 2.45) is 5.92 Å². The van der Waals surface area contributed by atoms with Crippen LogP contribution in [0.25, 0.3) is 0 Å². The molecule has 0 aromatic carbocycles. The van der Waals surface area contributed by atoms with E-state index in [0.29, 0.717) is 24.5 Å². The topological polar surface area (TPSA) is 77.2 Å². The summed E-state index contributed by atoms with van der Waals surface area (Å²) in [4.78, 5) is 16.4. The minimum Gasteiger partial charge on any atom is -0.384 e. The molecule has 1 aromatic rings. The summed E-state index contributed by atoms with van der Waals surface area (Å²) in [7, 11) is 1.65. The van der Waals surface area contributed by atoms with Crippen LogP contribution in [0.4, 0.5) is 5.82 Å². The number of aromatic nitrogens is 1. The average molecular weight is 279 g/mol. The lowest BCUT2D eigenvalue weighted by molar-refractivity contribution is 0.0934. The number of hydrogen-bond donors (Lipinski definition) is 2. The molecule has 0 aliphatic carbocycles. The Bertz CT molecular complexity index is 467. The van der Waals surface area contributed by atoms with Crippen molar-refractivity contribution in [2.75, 3.05) is 26.0 Å². The molecule has 5 heteroatoms. The number of pyridine rings is 1. The number of ether oxygens (including phenoxy) is 1. The van der Waals surface area contributed by atoms with Crippen molar-refractivity contribution in [1.82, 2.24) is 10.3 Å². The predicted molar refractivity (Wildman–Crippen MR) is 80.7 cm³/mol. The van der Waals surface area contributed by atoms with Crippen molar-refractivity contribution < 1.29 is 9.53 Å². The highest BCUT2D eigenvalue weighted by molar-refractivity contribution is 5.94. The maximum atomic E-state index is 12.1. The molecule has 0 aliphatic heterocycles. The molecule has 0 fully saturated rings. The number of carbonyl (C=O) groups excluding carboxylic acids is 1. The zero-order valence-electron chi connectivity index (χ0n) is 13.0. The molecule has 5 nitrogen and oxygen atoms in total. The van der Waals surface area contributed by atoms with E-state index in [1.165, 1.54) is 0 Å². The number of nitrogens with zero attached hydrogens (tertiary/aromatic N) is 1. The second kappa shape index (κ2) is 6.70. The van der Waals surface area contributed by atoms with Crippen LogP contribution in [-0.4, -0.2) is 31.2 Å². The molecule has 0 radical (unpaired) electrons. The fourth-order valence-electron chi connectivity index (χ4n) is 1.78. The van der Waals surface area contributed by atoms with Crippen LogP contribution in [0.3, 0.4) is 0 Å². The summed E-state index contributed by atoms with van der Waals surface area (Å²) in [5.41, 5.74) is 7.00. The Labute approximate surface area is 120 Å². The number of anilines is 1. The molecule has 1 unspecified atom stereocenters. The molecule has 3 N–H and O–H groups in total. The van der Waals surface area contributed by atoms with E-state index in [4.69, 9.17) is 10.5 Å². The molecule has 1 heterocycles. The van der Waals surface area contributed by atoms with Gasteiger partial charge in [0, 0.05) is 30.3 Å². The number of amides is 1. The van der Waals surface area contributed by atoms with Crippen LogP contribution in [0.2, 0.25) is 0 Å². The van der Waals surface area contributed by atoms with Crippen molar-refractivity contribution >= 4 is 11.7 Å². The molecular formula is C15H25N3O2. The van der Waals surface area contributed by atoms with Crippen LogP contribution >= 0.6 is 0 Å². The Morgan fingerprint density at radius 1 is 1.45 bits per heavy atom. The Hall–Kier alpha value is -1.62. The molecule has 112 valence electrons. The molecule has 20 heavy (non-hydrogen) atoms. The maximum absolute atomic E-state index is 12.1. The number of methoxy groups -OCH3 is 1. The number of nitrogens with one attached hydrogen (secondary N) is 1. The smallest absolute Gasteiger partial charge is 0.251 e. The third-order valence-corrected chi connectivity index (χ3v) is 2.94.